The molecule has 6 aliphatic heterocycles. The molecule has 0 aromatic rings. The molecule has 6 heterocycles. The van der Waals surface area contributed by atoms with Gasteiger partial charge in [0.15, 0.2) is 17.4 Å². The monoisotopic (exact) mass is 885 g/mol. The van der Waals surface area contributed by atoms with Crippen molar-refractivity contribution in [3.8, 4) is 0 Å². The van der Waals surface area contributed by atoms with E-state index in [9.17, 15) is 40.5 Å². The van der Waals surface area contributed by atoms with Crippen molar-refractivity contribution in [3.05, 3.63) is 0 Å². The van der Waals surface area contributed by atoms with E-state index in [0.29, 0.717) is 64.2 Å². The van der Waals surface area contributed by atoms with Gasteiger partial charge in [0.2, 0.25) is 0 Å². The number of rotatable bonds is 13. The van der Waals surface area contributed by atoms with Gasteiger partial charge in [0.05, 0.1) is 66.0 Å². The number of hydrogen-bond acceptors (Lipinski definition) is 13. The predicted molar refractivity (Wildman–Crippen MR) is 229 cm³/mol. The number of aliphatic hydroxyl groups is 6. The zero-order valence-electron chi connectivity index (χ0n) is 39.8. The van der Waals surface area contributed by atoms with Crippen LogP contribution in [0.4, 0.5) is 0 Å². The Morgan fingerprint density at radius 3 is 2.05 bits per heavy atom. The van der Waals surface area contributed by atoms with Crippen molar-refractivity contribution in [3.63, 3.8) is 0 Å². The smallest absolute Gasteiger partial charge is 0.308 e. The van der Waals surface area contributed by atoms with Gasteiger partial charge in [-0.2, -0.15) is 0 Å². The topological polar surface area (TPSA) is 214 Å². The Hall–Kier alpha value is -1.01. The van der Waals surface area contributed by atoms with Crippen molar-refractivity contribution in [1.82, 2.24) is 0 Å². The average molecular weight is 885 g/mol. The van der Waals surface area contributed by atoms with Crippen LogP contribution in [0.5, 0.6) is 0 Å². The molecule has 0 aromatic carbocycles. The minimum Gasteiger partial charge on any atom is -0.481 e. The summed E-state index contributed by atoms with van der Waals surface area (Å²) >= 11 is 0. The van der Waals surface area contributed by atoms with Gasteiger partial charge in [0.1, 0.15) is 11.7 Å². The van der Waals surface area contributed by atoms with Crippen molar-refractivity contribution < 1.29 is 69.0 Å². The fourth-order valence-electron chi connectivity index (χ4n) is 12.7. The first-order valence-electron chi connectivity index (χ1n) is 24.2. The maximum Gasteiger partial charge on any atom is 0.308 e. The summed E-state index contributed by atoms with van der Waals surface area (Å²) in [7, 11) is 0. The Morgan fingerprint density at radius 2 is 1.40 bits per heavy atom. The molecule has 14 heteroatoms. The zero-order valence-corrected chi connectivity index (χ0v) is 39.8. The first kappa shape index (κ1) is 50.4. The van der Waals surface area contributed by atoms with Crippen LogP contribution in [0.25, 0.3) is 0 Å². The SMILES string of the molecule is CC[C@@H]1O[C@@H]([C@]2(C)C[C@@H](C)[C@@](O)([C@]3(C)CC[C@@H]([C@@H](O)[C@]4(O)O[C@@H](C[C@]5(O)O[C@@H]([C@H](C)[C@H](O)C[C@H]6O[C@H]([C@@H](C)C(=O)O)[C@@H](C)C[C@H]6C)CC[C@@H]5C)[C@@H](C)C[C@H]4C)O3)O2)CC[C@@]1(C)O. The zero-order chi connectivity index (χ0) is 46.1. The summed E-state index contributed by atoms with van der Waals surface area (Å²) in [6, 6.07) is 0. The second kappa shape index (κ2) is 18.2. The maximum atomic E-state index is 12.4. The van der Waals surface area contributed by atoms with Gasteiger partial charge in [-0.1, -0.05) is 55.4 Å². The number of hydrogen-bond donors (Lipinski definition) is 7. The van der Waals surface area contributed by atoms with E-state index < -0.39 is 88.6 Å². The number of carbonyl (C=O) groups is 1. The van der Waals surface area contributed by atoms with E-state index in [-0.39, 0.29) is 60.2 Å². The summed E-state index contributed by atoms with van der Waals surface area (Å²) in [6.45, 7) is 22.9. The second-order valence-corrected chi connectivity index (χ2v) is 22.3. The van der Waals surface area contributed by atoms with Gasteiger partial charge in [-0.25, -0.2) is 0 Å². The largest absolute Gasteiger partial charge is 0.481 e. The molecule has 0 unspecified atom stereocenters. The Labute approximate surface area is 370 Å². The third kappa shape index (κ3) is 9.31. The molecule has 6 fully saturated rings. The standard InChI is InChI=1S/C48H84O14/c1-13-38-43(10,53)18-17-39(58-38)44(11)23-30(7)48(56,62-44)45(12)19-16-35(59-45)41(50)47(55)29(6)21-26(3)37(61-47)24-46(54)28(5)14-15-34(60-46)31(8)33(49)22-36-25(2)20-27(4)40(57-36)32(9)42(51)52/h25-41,49-50,53-56H,13-24H2,1-12H3,(H,51,52)/t25-,26+,27+,28+,29-,30-,31-,32-,33-,34-,35+,36-,37+,38+,39-,40+,41-,43-,44+,45+,46+,47-,48+/m1/s1. The number of ether oxygens (including phenoxy) is 6. The summed E-state index contributed by atoms with van der Waals surface area (Å²) in [4.78, 5) is 11.8. The minimum atomic E-state index is -2.03. The summed E-state index contributed by atoms with van der Waals surface area (Å²) in [5.41, 5.74) is -3.01. The number of carboxylic acids is 1. The van der Waals surface area contributed by atoms with Gasteiger partial charge in [-0.05, 0) is 110 Å². The second-order valence-electron chi connectivity index (χ2n) is 22.3. The molecule has 0 radical (unpaired) electrons. The Balaban J connectivity index is 1.10. The van der Waals surface area contributed by atoms with E-state index in [1.54, 1.807) is 20.8 Å². The average Bonchev–Trinajstić information content (AvgIpc) is 3.72. The number of carboxylic acid groups (broad SMARTS) is 1. The molecule has 6 aliphatic rings. The van der Waals surface area contributed by atoms with Gasteiger partial charge in [-0.15, -0.1) is 0 Å². The van der Waals surface area contributed by atoms with Gasteiger partial charge in [-0.3, -0.25) is 4.79 Å². The molecular weight excluding hydrogens is 801 g/mol. The highest BCUT2D eigenvalue weighted by Crippen LogP contribution is 2.56. The highest BCUT2D eigenvalue weighted by Gasteiger charge is 2.67. The van der Waals surface area contributed by atoms with Crippen molar-refractivity contribution in [1.29, 1.82) is 0 Å². The third-order valence-corrected chi connectivity index (χ3v) is 17.3. The number of aliphatic carboxylic acids is 1. The summed E-state index contributed by atoms with van der Waals surface area (Å²) in [5, 5.41) is 81.2. The summed E-state index contributed by atoms with van der Waals surface area (Å²) in [6.07, 6.45) is 0.0772. The third-order valence-electron chi connectivity index (χ3n) is 17.3. The van der Waals surface area contributed by atoms with Gasteiger partial charge < -0.3 is 64.2 Å². The Kier molecular flexibility index (Phi) is 14.8. The van der Waals surface area contributed by atoms with Crippen LogP contribution in [-0.2, 0) is 33.2 Å². The van der Waals surface area contributed by atoms with Crippen LogP contribution in [0, 0.1) is 47.3 Å². The molecule has 0 bridgehead atoms. The van der Waals surface area contributed by atoms with Crippen LogP contribution >= 0.6 is 0 Å². The van der Waals surface area contributed by atoms with Gasteiger partial charge >= 0.3 is 5.97 Å². The highest BCUT2D eigenvalue weighted by atomic mass is 16.7. The van der Waals surface area contributed by atoms with Crippen LogP contribution in [-0.4, -0.2) is 131 Å². The lowest BCUT2D eigenvalue weighted by molar-refractivity contribution is -0.373. The molecule has 6 rings (SSSR count). The lowest BCUT2D eigenvalue weighted by Gasteiger charge is -2.52. The molecule has 0 amide bonds. The predicted octanol–water partition coefficient (Wildman–Crippen LogP) is 5.68. The van der Waals surface area contributed by atoms with Crippen molar-refractivity contribution in [2.45, 2.75) is 249 Å². The van der Waals surface area contributed by atoms with Crippen molar-refractivity contribution in [2.24, 2.45) is 47.3 Å². The molecule has 0 aliphatic carbocycles. The van der Waals surface area contributed by atoms with E-state index in [4.69, 9.17) is 28.4 Å². The molecule has 7 N–H and O–H groups in total. The Bertz CT molecular complexity index is 1550. The maximum absolute atomic E-state index is 12.4. The van der Waals surface area contributed by atoms with Crippen LogP contribution in [0.15, 0.2) is 0 Å². The molecule has 0 aromatic heterocycles. The molecule has 14 nitrogen and oxygen atoms in total. The van der Waals surface area contributed by atoms with E-state index in [0.717, 1.165) is 6.42 Å². The highest BCUT2D eigenvalue weighted by molar-refractivity contribution is 5.70. The fraction of sp³-hybridized carbons (Fsp3) is 0.979. The fourth-order valence-corrected chi connectivity index (χ4v) is 12.7. The quantitative estimate of drug-likeness (QED) is 0.119. The van der Waals surface area contributed by atoms with Crippen LogP contribution < -0.4 is 0 Å². The molecule has 0 saturated carbocycles. The molecular formula is C48H84O14. The van der Waals surface area contributed by atoms with Crippen molar-refractivity contribution >= 4 is 5.97 Å². The lowest BCUT2D eigenvalue weighted by atomic mass is 9.75. The molecule has 360 valence electrons. The number of aliphatic hydroxyl groups excluding tert-OH is 2. The van der Waals surface area contributed by atoms with E-state index >= 15 is 0 Å². The first-order chi connectivity index (χ1) is 28.6. The normalized spacial score (nSPS) is 52.3. The van der Waals surface area contributed by atoms with Crippen LogP contribution in [0.2, 0.25) is 0 Å². The molecule has 6 saturated heterocycles. The Morgan fingerprint density at radius 1 is 0.742 bits per heavy atom. The van der Waals surface area contributed by atoms with Gasteiger partial charge in [0.25, 0.3) is 0 Å². The van der Waals surface area contributed by atoms with E-state index in [1.165, 1.54) is 0 Å². The van der Waals surface area contributed by atoms with E-state index in [2.05, 4.69) is 6.92 Å². The lowest BCUT2D eigenvalue weighted by Crippen LogP contribution is -2.63. The molecule has 0 spiro atoms. The van der Waals surface area contributed by atoms with Crippen LogP contribution in [0.3, 0.4) is 0 Å². The van der Waals surface area contributed by atoms with E-state index in [1.807, 2.05) is 55.4 Å². The molecule has 62 heavy (non-hydrogen) atoms. The summed E-state index contributed by atoms with van der Waals surface area (Å²) < 4.78 is 39.2. The van der Waals surface area contributed by atoms with Crippen LogP contribution in [0.1, 0.15) is 160 Å². The minimum absolute atomic E-state index is 0.0380. The summed E-state index contributed by atoms with van der Waals surface area (Å²) in [5.74, 6) is -8.34. The molecule has 23 atom stereocenters. The van der Waals surface area contributed by atoms with Crippen molar-refractivity contribution in [2.75, 3.05) is 0 Å². The van der Waals surface area contributed by atoms with Gasteiger partial charge in [0, 0.05) is 36.5 Å². The first-order valence-corrected chi connectivity index (χ1v) is 24.2.